The highest BCUT2D eigenvalue weighted by molar-refractivity contribution is 5.92. The van der Waals surface area contributed by atoms with Crippen LogP contribution in [-0.2, 0) is 4.79 Å². The van der Waals surface area contributed by atoms with Gasteiger partial charge in [0.2, 0.25) is 5.91 Å². The van der Waals surface area contributed by atoms with E-state index in [1.54, 1.807) is 0 Å². The van der Waals surface area contributed by atoms with Crippen molar-refractivity contribution in [2.75, 3.05) is 18.4 Å². The number of anilines is 1. The number of benzene rings is 1. The van der Waals surface area contributed by atoms with Crippen LogP contribution in [0.4, 0.5) is 14.5 Å². The van der Waals surface area contributed by atoms with E-state index in [9.17, 15) is 13.6 Å². The average Bonchev–Trinajstić information content (AvgIpc) is 2.21. The summed E-state index contributed by atoms with van der Waals surface area (Å²) >= 11 is 0. The molecule has 1 atom stereocenters. The Bertz CT molecular complexity index is 433. The minimum atomic E-state index is -0.958. The molecule has 0 radical (unpaired) electrons. The highest BCUT2D eigenvalue weighted by Crippen LogP contribution is 2.19. The SMILES string of the molecule is CC(C(=O)Nc1ccc(F)c(F)c1)C1CNC1. The molecule has 0 aromatic heterocycles. The van der Waals surface area contributed by atoms with E-state index in [1.807, 2.05) is 6.92 Å². The zero-order chi connectivity index (χ0) is 12.4. The van der Waals surface area contributed by atoms with Crippen molar-refractivity contribution in [2.45, 2.75) is 6.92 Å². The molecule has 0 aliphatic carbocycles. The Morgan fingerprint density at radius 3 is 2.65 bits per heavy atom. The summed E-state index contributed by atoms with van der Waals surface area (Å²) < 4.78 is 25.6. The lowest BCUT2D eigenvalue weighted by atomic mass is 9.88. The molecular weight excluding hydrogens is 226 g/mol. The molecule has 92 valence electrons. The maximum atomic E-state index is 12.9. The number of carbonyl (C=O) groups excluding carboxylic acids is 1. The van der Waals surface area contributed by atoms with Gasteiger partial charge in [0.1, 0.15) is 0 Å². The third-order valence-corrected chi connectivity index (χ3v) is 3.12. The first-order valence-electron chi connectivity index (χ1n) is 5.54. The molecule has 17 heavy (non-hydrogen) atoms. The number of amides is 1. The summed E-state index contributed by atoms with van der Waals surface area (Å²) in [7, 11) is 0. The van der Waals surface area contributed by atoms with E-state index >= 15 is 0 Å². The minimum Gasteiger partial charge on any atom is -0.326 e. The van der Waals surface area contributed by atoms with Crippen LogP contribution in [-0.4, -0.2) is 19.0 Å². The van der Waals surface area contributed by atoms with Crippen molar-refractivity contribution in [1.29, 1.82) is 0 Å². The zero-order valence-corrected chi connectivity index (χ0v) is 9.47. The number of hydrogen-bond donors (Lipinski definition) is 2. The number of carbonyl (C=O) groups is 1. The van der Waals surface area contributed by atoms with Crippen LogP contribution in [0.5, 0.6) is 0 Å². The standard InChI is InChI=1S/C12H14F2N2O/c1-7(8-5-15-6-8)12(17)16-9-2-3-10(13)11(14)4-9/h2-4,7-8,15H,5-6H2,1H3,(H,16,17). The molecule has 1 aromatic carbocycles. The van der Waals surface area contributed by atoms with E-state index < -0.39 is 11.6 Å². The largest absolute Gasteiger partial charge is 0.326 e. The van der Waals surface area contributed by atoms with E-state index in [2.05, 4.69) is 10.6 Å². The van der Waals surface area contributed by atoms with Crippen LogP contribution in [0.25, 0.3) is 0 Å². The maximum Gasteiger partial charge on any atom is 0.227 e. The summed E-state index contributed by atoms with van der Waals surface area (Å²) in [6.07, 6.45) is 0. The van der Waals surface area contributed by atoms with Crippen molar-refractivity contribution < 1.29 is 13.6 Å². The Morgan fingerprint density at radius 1 is 1.41 bits per heavy atom. The summed E-state index contributed by atoms with van der Waals surface area (Å²) in [6, 6.07) is 3.33. The monoisotopic (exact) mass is 240 g/mol. The Balaban J connectivity index is 1.99. The fourth-order valence-corrected chi connectivity index (χ4v) is 1.71. The summed E-state index contributed by atoms with van der Waals surface area (Å²) in [5.41, 5.74) is 0.285. The summed E-state index contributed by atoms with van der Waals surface area (Å²) in [6.45, 7) is 3.49. The molecule has 0 spiro atoms. The number of rotatable bonds is 3. The molecule has 1 saturated heterocycles. The van der Waals surface area contributed by atoms with Crippen LogP contribution in [0.2, 0.25) is 0 Å². The quantitative estimate of drug-likeness (QED) is 0.845. The van der Waals surface area contributed by atoms with Crippen LogP contribution in [0.15, 0.2) is 18.2 Å². The molecule has 1 fully saturated rings. The Morgan fingerprint density at radius 2 is 2.12 bits per heavy atom. The number of hydrogen-bond acceptors (Lipinski definition) is 2. The number of nitrogens with one attached hydrogen (secondary N) is 2. The van der Waals surface area contributed by atoms with Gasteiger partial charge in [-0.15, -0.1) is 0 Å². The minimum absolute atomic E-state index is 0.135. The molecule has 2 N–H and O–H groups in total. The van der Waals surface area contributed by atoms with Crippen LogP contribution in [0.1, 0.15) is 6.92 Å². The van der Waals surface area contributed by atoms with Crippen molar-refractivity contribution in [3.63, 3.8) is 0 Å². The fraction of sp³-hybridized carbons (Fsp3) is 0.417. The molecule has 1 aliphatic rings. The van der Waals surface area contributed by atoms with Gasteiger partial charge in [-0.3, -0.25) is 4.79 Å². The van der Waals surface area contributed by atoms with E-state index in [1.165, 1.54) is 6.07 Å². The van der Waals surface area contributed by atoms with Gasteiger partial charge in [0.15, 0.2) is 11.6 Å². The van der Waals surface area contributed by atoms with Crippen LogP contribution < -0.4 is 10.6 Å². The molecule has 1 aliphatic heterocycles. The lowest BCUT2D eigenvalue weighted by Gasteiger charge is -2.31. The lowest BCUT2D eigenvalue weighted by molar-refractivity contribution is -0.121. The molecule has 0 bridgehead atoms. The van der Waals surface area contributed by atoms with Crippen LogP contribution in [0, 0.1) is 23.5 Å². The lowest BCUT2D eigenvalue weighted by Crippen LogP contribution is -2.48. The van der Waals surface area contributed by atoms with Gasteiger partial charge in [-0.25, -0.2) is 8.78 Å². The van der Waals surface area contributed by atoms with Gasteiger partial charge in [-0.05, 0) is 31.1 Å². The second kappa shape index (κ2) is 4.79. The van der Waals surface area contributed by atoms with Crippen molar-refractivity contribution in [3.8, 4) is 0 Å². The van der Waals surface area contributed by atoms with E-state index in [-0.39, 0.29) is 17.5 Å². The smallest absolute Gasteiger partial charge is 0.227 e. The predicted octanol–water partition coefficient (Wildman–Crippen LogP) is 1.76. The molecule has 5 heteroatoms. The highest BCUT2D eigenvalue weighted by atomic mass is 19.2. The third kappa shape index (κ3) is 2.61. The molecule has 0 saturated carbocycles. The van der Waals surface area contributed by atoms with Crippen molar-refractivity contribution >= 4 is 11.6 Å². The van der Waals surface area contributed by atoms with Gasteiger partial charge in [-0.1, -0.05) is 6.92 Å². The second-order valence-corrected chi connectivity index (χ2v) is 4.33. The molecule has 1 aromatic rings. The average molecular weight is 240 g/mol. The van der Waals surface area contributed by atoms with Crippen molar-refractivity contribution in [3.05, 3.63) is 29.8 Å². The molecule has 1 heterocycles. The van der Waals surface area contributed by atoms with Crippen molar-refractivity contribution in [1.82, 2.24) is 5.32 Å². The number of halogens is 2. The summed E-state index contributed by atoms with van der Waals surface area (Å²) in [5.74, 6) is -1.85. The van der Waals surface area contributed by atoms with Gasteiger partial charge < -0.3 is 10.6 Å². The van der Waals surface area contributed by atoms with Gasteiger partial charge in [0.25, 0.3) is 0 Å². The van der Waals surface area contributed by atoms with Gasteiger partial charge in [0.05, 0.1) is 0 Å². The maximum absolute atomic E-state index is 12.9. The first-order chi connectivity index (χ1) is 8.08. The van der Waals surface area contributed by atoms with Crippen LogP contribution in [0.3, 0.4) is 0 Å². The Kier molecular flexibility index (Phi) is 3.38. The predicted molar refractivity (Wildman–Crippen MR) is 60.5 cm³/mol. The fourth-order valence-electron chi connectivity index (χ4n) is 1.71. The normalized spacial score (nSPS) is 17.4. The van der Waals surface area contributed by atoms with E-state index in [0.29, 0.717) is 5.92 Å². The molecular formula is C12H14F2N2O. The Labute approximate surface area is 98.2 Å². The topological polar surface area (TPSA) is 41.1 Å². The molecule has 3 nitrogen and oxygen atoms in total. The summed E-state index contributed by atoms with van der Waals surface area (Å²) in [5, 5.41) is 5.67. The second-order valence-electron chi connectivity index (χ2n) is 4.33. The highest BCUT2D eigenvalue weighted by Gasteiger charge is 2.28. The summed E-state index contributed by atoms with van der Waals surface area (Å²) in [4.78, 5) is 11.8. The Hall–Kier alpha value is -1.49. The van der Waals surface area contributed by atoms with E-state index in [0.717, 1.165) is 25.2 Å². The third-order valence-electron chi connectivity index (χ3n) is 3.12. The van der Waals surface area contributed by atoms with Crippen LogP contribution >= 0.6 is 0 Å². The first kappa shape index (κ1) is 12.0. The van der Waals surface area contributed by atoms with Gasteiger partial charge in [0, 0.05) is 17.7 Å². The van der Waals surface area contributed by atoms with Crippen molar-refractivity contribution in [2.24, 2.45) is 11.8 Å². The molecule has 2 rings (SSSR count). The van der Waals surface area contributed by atoms with E-state index in [4.69, 9.17) is 0 Å². The zero-order valence-electron chi connectivity index (χ0n) is 9.47. The van der Waals surface area contributed by atoms with Gasteiger partial charge >= 0.3 is 0 Å². The van der Waals surface area contributed by atoms with Gasteiger partial charge in [-0.2, -0.15) is 0 Å². The molecule has 1 unspecified atom stereocenters. The first-order valence-corrected chi connectivity index (χ1v) is 5.54. The molecule has 1 amide bonds.